The largest absolute Gasteiger partial charge is 0.399 e. The van der Waals surface area contributed by atoms with Gasteiger partial charge in [-0.05, 0) is 41.8 Å². The zero-order chi connectivity index (χ0) is 15.0. The summed E-state index contributed by atoms with van der Waals surface area (Å²) in [5, 5.41) is 0.721. The molecular formula is C17H18ClN3. The van der Waals surface area contributed by atoms with Crippen molar-refractivity contribution in [2.24, 2.45) is 7.05 Å². The maximum absolute atomic E-state index is 6.04. The fourth-order valence-electron chi connectivity index (χ4n) is 2.62. The molecule has 0 bridgehead atoms. The summed E-state index contributed by atoms with van der Waals surface area (Å²) in [4.78, 5) is 4.71. The predicted octanol–water partition coefficient (Wildman–Crippen LogP) is 4.16. The highest BCUT2D eigenvalue weighted by molar-refractivity contribution is 6.31. The minimum absolute atomic E-state index is 0.386. The summed E-state index contributed by atoms with van der Waals surface area (Å²) in [7, 11) is 2.05. The number of anilines is 1. The fraction of sp³-hybridized carbons (Fsp3) is 0.235. The van der Waals surface area contributed by atoms with Crippen molar-refractivity contribution in [3.05, 3.63) is 58.9 Å². The molecular weight excluding hydrogens is 282 g/mol. The first-order valence-electron chi connectivity index (χ1n) is 7.01. The van der Waals surface area contributed by atoms with Crippen LogP contribution in [0.1, 0.15) is 24.2 Å². The van der Waals surface area contributed by atoms with E-state index < -0.39 is 0 Å². The maximum Gasteiger partial charge on any atom is 0.110 e. The third-order valence-corrected chi connectivity index (χ3v) is 4.16. The molecule has 1 atom stereocenters. The van der Waals surface area contributed by atoms with E-state index in [0.717, 1.165) is 34.0 Å². The van der Waals surface area contributed by atoms with Gasteiger partial charge in [0, 0.05) is 24.2 Å². The van der Waals surface area contributed by atoms with E-state index in [1.165, 1.54) is 5.56 Å². The van der Waals surface area contributed by atoms with Crippen LogP contribution in [0, 0.1) is 0 Å². The Hall–Kier alpha value is -2.00. The van der Waals surface area contributed by atoms with Gasteiger partial charge >= 0.3 is 0 Å². The second-order valence-electron chi connectivity index (χ2n) is 5.49. The van der Waals surface area contributed by atoms with Gasteiger partial charge in [-0.1, -0.05) is 30.7 Å². The van der Waals surface area contributed by atoms with Crippen molar-refractivity contribution in [3.63, 3.8) is 0 Å². The third-order valence-electron chi connectivity index (χ3n) is 3.93. The molecule has 1 heterocycles. The quantitative estimate of drug-likeness (QED) is 0.738. The highest BCUT2D eigenvalue weighted by atomic mass is 35.5. The van der Waals surface area contributed by atoms with Crippen molar-refractivity contribution in [2.75, 3.05) is 5.73 Å². The Bertz CT molecular complexity index is 775. The van der Waals surface area contributed by atoms with Gasteiger partial charge in [0.1, 0.15) is 5.82 Å². The number of aryl methyl sites for hydroxylation is 1. The summed E-state index contributed by atoms with van der Waals surface area (Å²) in [6.07, 6.45) is 0.882. The zero-order valence-corrected chi connectivity index (χ0v) is 12.9. The van der Waals surface area contributed by atoms with Gasteiger partial charge in [-0.15, -0.1) is 0 Å². The molecule has 21 heavy (non-hydrogen) atoms. The van der Waals surface area contributed by atoms with Crippen LogP contribution in [0.4, 0.5) is 5.69 Å². The standard InChI is InChI=1S/C17H18ClN3/c1-11(12-3-6-14(19)7-4-12)9-17-20-15-10-13(18)5-8-16(15)21(17)2/h3-8,10-11H,9,19H2,1-2H3. The van der Waals surface area contributed by atoms with E-state index in [4.69, 9.17) is 22.3 Å². The van der Waals surface area contributed by atoms with Crippen LogP contribution in [-0.2, 0) is 13.5 Å². The van der Waals surface area contributed by atoms with Gasteiger partial charge < -0.3 is 10.3 Å². The van der Waals surface area contributed by atoms with E-state index in [-0.39, 0.29) is 0 Å². The van der Waals surface area contributed by atoms with Crippen LogP contribution in [0.25, 0.3) is 11.0 Å². The van der Waals surface area contributed by atoms with Crippen molar-refractivity contribution >= 4 is 28.3 Å². The molecule has 108 valence electrons. The lowest BCUT2D eigenvalue weighted by Crippen LogP contribution is -2.04. The molecule has 0 amide bonds. The van der Waals surface area contributed by atoms with Crippen LogP contribution in [0.2, 0.25) is 5.02 Å². The van der Waals surface area contributed by atoms with Crippen molar-refractivity contribution < 1.29 is 0 Å². The first-order chi connectivity index (χ1) is 10.0. The lowest BCUT2D eigenvalue weighted by atomic mass is 9.97. The molecule has 4 heteroatoms. The highest BCUT2D eigenvalue weighted by Crippen LogP contribution is 2.24. The molecule has 1 unspecified atom stereocenters. The van der Waals surface area contributed by atoms with Crippen LogP contribution < -0.4 is 5.73 Å². The second kappa shape index (κ2) is 5.41. The topological polar surface area (TPSA) is 43.8 Å². The van der Waals surface area contributed by atoms with Crippen molar-refractivity contribution in [3.8, 4) is 0 Å². The third kappa shape index (κ3) is 2.74. The molecule has 3 aromatic rings. The van der Waals surface area contributed by atoms with Crippen molar-refractivity contribution in [2.45, 2.75) is 19.3 Å². The summed E-state index contributed by atoms with van der Waals surface area (Å²) in [6.45, 7) is 2.21. The smallest absolute Gasteiger partial charge is 0.110 e. The summed E-state index contributed by atoms with van der Waals surface area (Å²) in [6, 6.07) is 13.9. The van der Waals surface area contributed by atoms with E-state index in [9.17, 15) is 0 Å². The molecule has 0 fully saturated rings. The van der Waals surface area contributed by atoms with E-state index in [2.05, 4.69) is 23.6 Å². The Morgan fingerprint density at radius 2 is 1.90 bits per heavy atom. The number of fused-ring (bicyclic) bond motifs is 1. The molecule has 3 nitrogen and oxygen atoms in total. The molecule has 2 aromatic carbocycles. The van der Waals surface area contributed by atoms with Crippen molar-refractivity contribution in [1.82, 2.24) is 9.55 Å². The molecule has 0 radical (unpaired) electrons. The number of hydrogen-bond donors (Lipinski definition) is 1. The van der Waals surface area contributed by atoms with Gasteiger partial charge in [-0.2, -0.15) is 0 Å². The number of benzene rings is 2. The van der Waals surface area contributed by atoms with Gasteiger partial charge in [0.05, 0.1) is 11.0 Å². The van der Waals surface area contributed by atoms with Crippen LogP contribution in [0.5, 0.6) is 0 Å². The van der Waals surface area contributed by atoms with E-state index in [0.29, 0.717) is 5.92 Å². The molecule has 0 saturated carbocycles. The van der Waals surface area contributed by atoms with Gasteiger partial charge in [0.15, 0.2) is 0 Å². The van der Waals surface area contributed by atoms with Crippen LogP contribution in [0.15, 0.2) is 42.5 Å². The fourth-order valence-corrected chi connectivity index (χ4v) is 2.79. The summed E-state index contributed by atoms with van der Waals surface area (Å²) >= 11 is 6.04. The molecule has 0 aliphatic heterocycles. The molecule has 1 aromatic heterocycles. The Balaban J connectivity index is 1.90. The van der Waals surface area contributed by atoms with Gasteiger partial charge in [-0.25, -0.2) is 4.98 Å². The van der Waals surface area contributed by atoms with Crippen molar-refractivity contribution in [1.29, 1.82) is 0 Å². The number of nitrogens with zero attached hydrogens (tertiary/aromatic N) is 2. The Morgan fingerprint density at radius 1 is 1.19 bits per heavy atom. The first kappa shape index (κ1) is 14.0. The minimum Gasteiger partial charge on any atom is -0.399 e. The summed E-state index contributed by atoms with van der Waals surface area (Å²) < 4.78 is 2.14. The molecule has 2 N–H and O–H groups in total. The SMILES string of the molecule is CC(Cc1nc2cc(Cl)ccc2n1C)c1ccc(N)cc1. The van der Waals surface area contributed by atoms with Gasteiger partial charge in [0.25, 0.3) is 0 Å². The second-order valence-corrected chi connectivity index (χ2v) is 5.93. The number of nitrogens with two attached hydrogens (primary N) is 1. The Kier molecular flexibility index (Phi) is 3.60. The molecule has 3 rings (SSSR count). The number of rotatable bonds is 3. The van der Waals surface area contributed by atoms with Crippen LogP contribution in [-0.4, -0.2) is 9.55 Å². The first-order valence-corrected chi connectivity index (χ1v) is 7.38. The summed E-state index contributed by atoms with van der Waals surface area (Å²) in [5.41, 5.74) is 9.87. The van der Waals surface area contributed by atoms with Gasteiger partial charge in [0.2, 0.25) is 0 Å². The number of hydrogen-bond acceptors (Lipinski definition) is 2. The highest BCUT2D eigenvalue weighted by Gasteiger charge is 2.13. The maximum atomic E-state index is 6.04. The van der Waals surface area contributed by atoms with Crippen LogP contribution >= 0.6 is 11.6 Å². The average Bonchev–Trinajstić information content (AvgIpc) is 2.75. The van der Waals surface area contributed by atoms with Gasteiger partial charge in [-0.3, -0.25) is 0 Å². The average molecular weight is 300 g/mol. The number of halogens is 1. The van der Waals surface area contributed by atoms with Crippen LogP contribution in [0.3, 0.4) is 0 Å². The number of aromatic nitrogens is 2. The monoisotopic (exact) mass is 299 g/mol. The Morgan fingerprint density at radius 3 is 2.62 bits per heavy atom. The van der Waals surface area contributed by atoms with E-state index >= 15 is 0 Å². The number of imidazole rings is 1. The minimum atomic E-state index is 0.386. The summed E-state index contributed by atoms with van der Waals surface area (Å²) in [5.74, 6) is 1.45. The lowest BCUT2D eigenvalue weighted by molar-refractivity contribution is 0.690. The van der Waals surface area contributed by atoms with E-state index in [1.807, 2.05) is 37.4 Å². The molecule has 0 spiro atoms. The lowest BCUT2D eigenvalue weighted by Gasteiger charge is -2.12. The molecule has 0 saturated heterocycles. The molecule has 0 aliphatic rings. The molecule has 0 aliphatic carbocycles. The Labute approximate surface area is 129 Å². The zero-order valence-electron chi connectivity index (χ0n) is 12.2. The van der Waals surface area contributed by atoms with E-state index in [1.54, 1.807) is 0 Å². The predicted molar refractivity (Wildman–Crippen MR) is 88.7 cm³/mol. The normalized spacial score (nSPS) is 12.7. The number of nitrogen functional groups attached to an aromatic ring is 1.